The first-order valence-corrected chi connectivity index (χ1v) is 23.4. The van der Waals surface area contributed by atoms with Gasteiger partial charge in [0.15, 0.2) is 0 Å². The number of aromatic carboxylic acids is 1. The maximum absolute atomic E-state index is 13.9. The number of rotatable bonds is 14. The number of hydrogen-bond acceptors (Lipinski definition) is 9. The lowest BCUT2D eigenvalue weighted by Crippen LogP contribution is -2.52. The van der Waals surface area contributed by atoms with Crippen LogP contribution in [0, 0.1) is 19.7 Å². The van der Waals surface area contributed by atoms with Gasteiger partial charge in [-0.25, -0.2) is 9.18 Å². The summed E-state index contributed by atoms with van der Waals surface area (Å²) in [6, 6.07) is 18.5. The summed E-state index contributed by atoms with van der Waals surface area (Å²) in [5, 5.41) is 20.8. The van der Waals surface area contributed by atoms with E-state index in [4.69, 9.17) is 16.3 Å². The number of aryl methyl sites for hydroxylation is 3. The van der Waals surface area contributed by atoms with Crippen molar-refractivity contribution in [1.82, 2.24) is 34.4 Å². The second-order valence-corrected chi connectivity index (χ2v) is 18.5. The Kier molecular flexibility index (Phi) is 12.6. The Labute approximate surface area is 389 Å². The first-order valence-electron chi connectivity index (χ1n) is 22.1. The third-order valence-corrected chi connectivity index (χ3v) is 14.5. The fraction of sp³-hybridized carbons (Fsp3) is 0.347. The van der Waals surface area contributed by atoms with Crippen LogP contribution in [0.3, 0.4) is 0 Å². The molecule has 0 radical (unpaired) electrons. The predicted octanol–water partition coefficient (Wildman–Crippen LogP) is 7.01. The highest BCUT2D eigenvalue weighted by Crippen LogP contribution is 2.42. The number of carboxylic acid groups (broad SMARTS) is 1. The highest BCUT2D eigenvalue weighted by molar-refractivity contribution is 8.00. The molecule has 2 saturated heterocycles. The van der Waals surface area contributed by atoms with Crippen molar-refractivity contribution in [3.05, 3.63) is 111 Å². The van der Waals surface area contributed by atoms with E-state index in [9.17, 15) is 33.5 Å². The SMILES string of the molecule is Cc1nn(C)c(C)c1-c1c(Cl)ccc2c(CCCOc3cccc4cc(F)ccc34)c(C(=O)O)n(CCN3CCN(C(=O)CSc4cccc5c4CN(C4CCC(=O)NC4=O)C5=O)CC3)c12. The van der Waals surface area contributed by atoms with E-state index in [1.807, 2.05) is 66.8 Å². The maximum atomic E-state index is 13.9. The third-order valence-electron chi connectivity index (χ3n) is 13.1. The molecular weight excluding hydrogens is 885 g/mol. The van der Waals surface area contributed by atoms with Crippen LogP contribution in [0.25, 0.3) is 32.8 Å². The molecular formula is C49H49ClFN7O7S. The summed E-state index contributed by atoms with van der Waals surface area (Å²) in [6.07, 6.45) is 1.37. The molecule has 0 saturated carbocycles. The summed E-state index contributed by atoms with van der Waals surface area (Å²) in [5.41, 5.74) is 6.15. The molecule has 14 nitrogen and oxygen atoms in total. The number of ether oxygens (including phenoxy) is 1. The minimum Gasteiger partial charge on any atom is -0.493 e. The van der Waals surface area contributed by atoms with E-state index in [0.717, 1.165) is 54.6 Å². The van der Waals surface area contributed by atoms with E-state index in [-0.39, 0.29) is 54.4 Å². The summed E-state index contributed by atoms with van der Waals surface area (Å²) < 4.78 is 23.8. The minimum atomic E-state index is -1.05. The number of aromatic nitrogens is 3. The lowest BCUT2D eigenvalue weighted by atomic mass is 9.98. The second kappa shape index (κ2) is 18.6. The van der Waals surface area contributed by atoms with Crippen molar-refractivity contribution in [2.75, 3.05) is 45.1 Å². The number of carboxylic acids is 1. The molecule has 1 unspecified atom stereocenters. The Bertz CT molecular complexity index is 2960. The number of imide groups is 1. The van der Waals surface area contributed by atoms with Gasteiger partial charge in [0.1, 0.15) is 23.3 Å². The van der Waals surface area contributed by atoms with Crippen molar-refractivity contribution < 1.29 is 38.2 Å². The third kappa shape index (κ3) is 8.53. The fourth-order valence-electron chi connectivity index (χ4n) is 9.75. The van der Waals surface area contributed by atoms with Gasteiger partial charge in [0.2, 0.25) is 17.7 Å². The standard InChI is InChI=1S/C49H49ClFN7O7S/c1-28-43(29(2)54(3)53-28)44-37(50)15-14-34-33(9-6-24-65-39-10-4-7-30-25-31(51)12-13-32(30)39)46(49(63)64)57(45(34)44)23-20-55-18-21-56(22-19-55)42(60)27-66-40-11-5-8-35-36(40)26-58(48(35)62)38-16-17-41(59)52-47(38)61/h4-5,7-8,10-15,25,38H,6,9,16-24,26-27H2,1-3H3,(H,63,64)(H,52,59,61). The Morgan fingerprint density at radius 3 is 2.48 bits per heavy atom. The average Bonchev–Trinajstić information content (AvgIpc) is 3.89. The Balaban J connectivity index is 0.896. The number of nitrogens with one attached hydrogen (secondary N) is 1. The van der Waals surface area contributed by atoms with Crippen LogP contribution in [0.2, 0.25) is 5.02 Å². The number of piperidine rings is 1. The molecule has 3 aliphatic heterocycles. The lowest BCUT2D eigenvalue weighted by Gasteiger charge is -2.35. The number of nitrogens with zero attached hydrogens (tertiary/aromatic N) is 6. The molecule has 3 aliphatic rings. The monoisotopic (exact) mass is 933 g/mol. The van der Waals surface area contributed by atoms with Crippen LogP contribution in [0.15, 0.2) is 71.6 Å². The topological polar surface area (TPSA) is 159 Å². The largest absolute Gasteiger partial charge is 0.493 e. The van der Waals surface area contributed by atoms with Crippen molar-refractivity contribution in [3.8, 4) is 16.9 Å². The van der Waals surface area contributed by atoms with Gasteiger partial charge in [-0.3, -0.25) is 34.1 Å². The number of halogens is 2. The number of piperazine rings is 1. The predicted molar refractivity (Wildman–Crippen MR) is 250 cm³/mol. The van der Waals surface area contributed by atoms with Gasteiger partial charge in [-0.1, -0.05) is 35.9 Å². The zero-order chi connectivity index (χ0) is 46.4. The lowest BCUT2D eigenvalue weighted by molar-refractivity contribution is -0.137. The smallest absolute Gasteiger partial charge is 0.352 e. The number of fused-ring (bicyclic) bond motifs is 3. The highest BCUT2D eigenvalue weighted by atomic mass is 35.5. The molecule has 2 aromatic heterocycles. The normalized spacial score (nSPS) is 16.7. The quantitative estimate of drug-likeness (QED) is 0.0661. The summed E-state index contributed by atoms with van der Waals surface area (Å²) in [5.74, 6) is -1.67. The van der Waals surface area contributed by atoms with Gasteiger partial charge in [0.05, 0.1) is 28.6 Å². The van der Waals surface area contributed by atoms with Crippen LogP contribution in [-0.4, -0.2) is 115 Å². The number of amides is 4. The van der Waals surface area contributed by atoms with E-state index in [1.165, 1.54) is 28.8 Å². The van der Waals surface area contributed by atoms with Crippen LogP contribution < -0.4 is 10.1 Å². The first kappa shape index (κ1) is 44.9. The van der Waals surface area contributed by atoms with Crippen LogP contribution in [-0.2, 0) is 40.9 Å². The van der Waals surface area contributed by atoms with Gasteiger partial charge in [0.25, 0.3) is 5.91 Å². The molecule has 4 aromatic carbocycles. The van der Waals surface area contributed by atoms with Crippen LogP contribution in [0.5, 0.6) is 5.75 Å². The average molecular weight is 934 g/mol. The van der Waals surface area contributed by atoms with Gasteiger partial charge < -0.3 is 24.2 Å². The number of thioether (sulfide) groups is 1. The molecule has 0 bridgehead atoms. The molecule has 2 fully saturated rings. The number of benzene rings is 4. The fourth-order valence-corrected chi connectivity index (χ4v) is 11.0. The molecule has 1 atom stereocenters. The van der Waals surface area contributed by atoms with Gasteiger partial charge in [-0.05, 0) is 92.1 Å². The summed E-state index contributed by atoms with van der Waals surface area (Å²) >= 11 is 8.44. The van der Waals surface area contributed by atoms with E-state index in [1.54, 1.807) is 22.9 Å². The van der Waals surface area contributed by atoms with E-state index in [2.05, 4.69) is 15.3 Å². The number of hydrogen-bond donors (Lipinski definition) is 2. The summed E-state index contributed by atoms with van der Waals surface area (Å²) in [4.78, 5) is 71.1. The van der Waals surface area contributed by atoms with Crippen molar-refractivity contribution in [1.29, 1.82) is 0 Å². The van der Waals surface area contributed by atoms with Crippen LogP contribution >= 0.6 is 23.4 Å². The number of carbonyl (C=O) groups excluding carboxylic acids is 4. The van der Waals surface area contributed by atoms with Crippen LogP contribution in [0.1, 0.15) is 62.6 Å². The van der Waals surface area contributed by atoms with Gasteiger partial charge in [-0.2, -0.15) is 5.10 Å². The molecule has 0 spiro atoms. The minimum absolute atomic E-state index is 0.0300. The van der Waals surface area contributed by atoms with E-state index < -0.39 is 17.9 Å². The maximum Gasteiger partial charge on any atom is 0.352 e. The van der Waals surface area contributed by atoms with E-state index in [0.29, 0.717) is 80.6 Å². The molecule has 17 heteroatoms. The van der Waals surface area contributed by atoms with Gasteiger partial charge in [0, 0.05) is 97.3 Å². The molecule has 4 amide bonds. The molecule has 342 valence electrons. The number of carbonyl (C=O) groups is 5. The molecule has 9 rings (SSSR count). The zero-order valence-electron chi connectivity index (χ0n) is 36.9. The highest BCUT2D eigenvalue weighted by Gasteiger charge is 2.40. The molecule has 66 heavy (non-hydrogen) atoms. The van der Waals surface area contributed by atoms with Crippen molar-refractivity contribution in [2.45, 2.75) is 63.6 Å². The molecule has 5 heterocycles. The molecule has 6 aromatic rings. The first-order chi connectivity index (χ1) is 31.8. The molecule has 2 N–H and O–H groups in total. The van der Waals surface area contributed by atoms with Gasteiger partial charge in [-0.15, -0.1) is 11.8 Å². The zero-order valence-corrected chi connectivity index (χ0v) is 38.4. The Morgan fingerprint density at radius 2 is 1.74 bits per heavy atom. The van der Waals surface area contributed by atoms with Crippen molar-refractivity contribution in [2.24, 2.45) is 7.05 Å². The van der Waals surface area contributed by atoms with Gasteiger partial charge >= 0.3 is 5.97 Å². The molecule has 0 aliphatic carbocycles. The second-order valence-electron chi connectivity index (χ2n) is 17.0. The van der Waals surface area contributed by atoms with E-state index >= 15 is 0 Å². The van der Waals surface area contributed by atoms with Crippen molar-refractivity contribution >= 4 is 74.6 Å². The Morgan fingerprint density at radius 1 is 0.970 bits per heavy atom. The van der Waals surface area contributed by atoms with Crippen molar-refractivity contribution in [3.63, 3.8) is 0 Å². The van der Waals surface area contributed by atoms with Crippen LogP contribution in [0.4, 0.5) is 4.39 Å². The summed E-state index contributed by atoms with van der Waals surface area (Å²) in [6.45, 7) is 7.48. The Hall–Kier alpha value is -6.23. The summed E-state index contributed by atoms with van der Waals surface area (Å²) in [7, 11) is 1.87.